The molecule has 2 N–H and O–H groups in total. The van der Waals surface area contributed by atoms with Gasteiger partial charge in [-0.1, -0.05) is 20.8 Å². The third kappa shape index (κ3) is 3.21. The molecule has 0 aromatic heterocycles. The zero-order valence-corrected chi connectivity index (χ0v) is 17.4. The summed E-state index contributed by atoms with van der Waals surface area (Å²) in [5.41, 5.74) is -3.16. The zero-order valence-electron chi connectivity index (χ0n) is 16.5. The Morgan fingerprint density at radius 1 is 1.21 bits per heavy atom. The Morgan fingerprint density at radius 2 is 1.86 bits per heavy atom. The summed E-state index contributed by atoms with van der Waals surface area (Å²) < 4.78 is 27.6. The molecule has 1 aromatic rings. The summed E-state index contributed by atoms with van der Waals surface area (Å²) >= 11 is 0. The summed E-state index contributed by atoms with van der Waals surface area (Å²) in [4.78, 5) is 19.6. The number of sulfonamides is 1. The Kier molecular flexibility index (Phi) is 5.00. The van der Waals surface area contributed by atoms with E-state index < -0.39 is 41.7 Å². The zero-order chi connectivity index (χ0) is 21.8. The topological polar surface area (TPSA) is 153 Å². The minimum absolute atomic E-state index is 0.0985. The van der Waals surface area contributed by atoms with Crippen LogP contribution in [0.15, 0.2) is 23.1 Å². The number of hydrogen-bond acceptors (Lipinski definition) is 7. The maximum absolute atomic E-state index is 12.7. The first kappa shape index (κ1) is 21.6. The summed E-state index contributed by atoms with van der Waals surface area (Å²) in [6.45, 7) is 5.92. The highest BCUT2D eigenvalue weighted by atomic mass is 32.2. The summed E-state index contributed by atoms with van der Waals surface area (Å²) in [6.07, 6.45) is 2.97. The number of rotatable bonds is 7. The molecule has 0 heterocycles. The van der Waals surface area contributed by atoms with Gasteiger partial charge >= 0.3 is 0 Å². The lowest BCUT2D eigenvalue weighted by atomic mass is 9.59. The standard InChI is InChI=1S/C18H25N3O7S/c1-16(2)12-6-7-17(3,11-12)18(16,22)8-9-19-29(27,28)15-5-4-13(20(23)24)10-14(15)21(25)26/h4-5,10,12,19,22H,6-9,11H2,1-3H3/t12-,17+,18-/m0/s1. The molecular formula is C18H25N3O7S. The van der Waals surface area contributed by atoms with Crippen LogP contribution in [0.5, 0.6) is 0 Å². The number of benzene rings is 1. The van der Waals surface area contributed by atoms with E-state index in [4.69, 9.17) is 0 Å². The van der Waals surface area contributed by atoms with Crippen molar-refractivity contribution in [2.24, 2.45) is 16.7 Å². The molecule has 11 heteroatoms. The fourth-order valence-corrected chi connectivity index (χ4v) is 6.59. The quantitative estimate of drug-likeness (QED) is 0.501. The third-order valence-corrected chi connectivity index (χ3v) is 8.75. The smallest absolute Gasteiger partial charge is 0.296 e. The van der Waals surface area contributed by atoms with Gasteiger partial charge in [-0.15, -0.1) is 0 Å². The SMILES string of the molecule is CC1(C)[C@H]2CC[C@](C)(C2)[C@]1(O)CCNS(=O)(=O)c1ccc([N+](=O)[O-])cc1[N+](=O)[O-]. The van der Waals surface area contributed by atoms with Gasteiger partial charge in [-0.3, -0.25) is 20.2 Å². The lowest BCUT2D eigenvalue weighted by Crippen LogP contribution is -2.55. The van der Waals surface area contributed by atoms with Gasteiger partial charge < -0.3 is 5.11 Å². The second kappa shape index (κ2) is 6.71. The molecule has 0 radical (unpaired) electrons. The van der Waals surface area contributed by atoms with Gasteiger partial charge in [0, 0.05) is 12.6 Å². The third-order valence-electron chi connectivity index (χ3n) is 7.24. The molecule has 1 aromatic carbocycles. The highest BCUT2D eigenvalue weighted by Crippen LogP contribution is 2.68. The second-order valence-electron chi connectivity index (χ2n) is 8.90. The summed E-state index contributed by atoms with van der Waals surface area (Å²) in [5.74, 6) is 0.366. The van der Waals surface area contributed by atoms with Crippen LogP contribution in [0.1, 0.15) is 46.5 Å². The van der Waals surface area contributed by atoms with Crippen LogP contribution in [-0.2, 0) is 10.0 Å². The number of nitrogens with zero attached hydrogens (tertiary/aromatic N) is 2. The Bertz CT molecular complexity index is 971. The van der Waals surface area contributed by atoms with Crippen molar-refractivity contribution in [1.29, 1.82) is 0 Å². The van der Waals surface area contributed by atoms with Crippen LogP contribution in [0.2, 0.25) is 0 Å². The number of nitro groups is 2. The molecule has 160 valence electrons. The van der Waals surface area contributed by atoms with Crippen molar-refractivity contribution in [2.75, 3.05) is 6.54 Å². The normalized spacial score (nSPS) is 30.4. The Morgan fingerprint density at radius 3 is 2.38 bits per heavy atom. The van der Waals surface area contributed by atoms with Crippen molar-refractivity contribution in [3.05, 3.63) is 38.4 Å². The average Bonchev–Trinajstić information content (AvgIpc) is 3.09. The van der Waals surface area contributed by atoms with Crippen LogP contribution >= 0.6 is 0 Å². The molecule has 2 fully saturated rings. The molecular weight excluding hydrogens is 402 g/mol. The molecule has 0 spiro atoms. The Hall–Kier alpha value is -2.11. The van der Waals surface area contributed by atoms with E-state index in [9.17, 15) is 33.8 Å². The van der Waals surface area contributed by atoms with Gasteiger partial charge in [0.2, 0.25) is 10.0 Å². The van der Waals surface area contributed by atoms with Gasteiger partial charge in [-0.25, -0.2) is 13.1 Å². The van der Waals surface area contributed by atoms with Gasteiger partial charge in [0.1, 0.15) is 0 Å². The van der Waals surface area contributed by atoms with Crippen LogP contribution in [0.4, 0.5) is 11.4 Å². The molecule has 0 amide bonds. The minimum atomic E-state index is -4.29. The van der Waals surface area contributed by atoms with Crippen LogP contribution < -0.4 is 4.72 Å². The number of non-ortho nitro benzene ring substituents is 1. The largest absolute Gasteiger partial charge is 0.389 e. The van der Waals surface area contributed by atoms with Crippen LogP contribution in [0.25, 0.3) is 0 Å². The molecule has 10 nitrogen and oxygen atoms in total. The molecule has 2 aliphatic rings. The first-order valence-electron chi connectivity index (χ1n) is 9.40. The van der Waals surface area contributed by atoms with E-state index in [1.165, 1.54) is 0 Å². The van der Waals surface area contributed by atoms with E-state index in [2.05, 4.69) is 4.72 Å². The van der Waals surface area contributed by atoms with Crippen molar-refractivity contribution >= 4 is 21.4 Å². The predicted octanol–water partition coefficient (Wildman–Crippen LogP) is 2.75. The van der Waals surface area contributed by atoms with Gasteiger partial charge in [0.05, 0.1) is 21.5 Å². The number of fused-ring (bicyclic) bond motifs is 2. The summed E-state index contributed by atoms with van der Waals surface area (Å²) in [5, 5.41) is 33.5. The van der Waals surface area contributed by atoms with Gasteiger partial charge in [0.25, 0.3) is 11.4 Å². The highest BCUT2D eigenvalue weighted by molar-refractivity contribution is 7.89. The molecule has 3 atom stereocenters. The van der Waals surface area contributed by atoms with Crippen molar-refractivity contribution in [3.63, 3.8) is 0 Å². The molecule has 2 saturated carbocycles. The summed E-state index contributed by atoms with van der Waals surface area (Å²) in [6, 6.07) is 2.40. The Balaban J connectivity index is 1.81. The van der Waals surface area contributed by atoms with E-state index in [1.807, 2.05) is 20.8 Å². The van der Waals surface area contributed by atoms with Crippen molar-refractivity contribution in [3.8, 4) is 0 Å². The number of nitro benzene ring substituents is 2. The highest BCUT2D eigenvalue weighted by Gasteiger charge is 2.67. The molecule has 0 saturated heterocycles. The lowest BCUT2D eigenvalue weighted by molar-refractivity contribution is -0.396. The summed E-state index contributed by atoms with van der Waals surface area (Å²) in [7, 11) is -4.29. The average molecular weight is 427 g/mol. The number of nitrogens with one attached hydrogen (secondary N) is 1. The lowest BCUT2D eigenvalue weighted by Gasteiger charge is -2.51. The molecule has 29 heavy (non-hydrogen) atoms. The van der Waals surface area contributed by atoms with Gasteiger partial charge in [-0.05, 0) is 48.5 Å². The minimum Gasteiger partial charge on any atom is -0.389 e. The van der Waals surface area contributed by atoms with Crippen molar-refractivity contribution in [1.82, 2.24) is 4.72 Å². The fraction of sp³-hybridized carbons (Fsp3) is 0.667. The van der Waals surface area contributed by atoms with E-state index in [-0.39, 0.29) is 23.8 Å². The molecule has 0 aliphatic heterocycles. The predicted molar refractivity (Wildman–Crippen MR) is 104 cm³/mol. The van der Waals surface area contributed by atoms with Crippen molar-refractivity contribution < 1.29 is 23.4 Å². The number of hydrogen-bond donors (Lipinski definition) is 2. The van der Waals surface area contributed by atoms with Crippen molar-refractivity contribution in [2.45, 2.75) is 57.0 Å². The molecule has 0 unspecified atom stereocenters. The van der Waals surface area contributed by atoms with Crippen LogP contribution in [-0.4, -0.2) is 35.5 Å². The van der Waals surface area contributed by atoms with Crippen LogP contribution in [0.3, 0.4) is 0 Å². The van der Waals surface area contributed by atoms with E-state index in [0.29, 0.717) is 12.0 Å². The molecule has 3 rings (SSSR count). The van der Waals surface area contributed by atoms with E-state index in [0.717, 1.165) is 31.4 Å². The number of aliphatic hydroxyl groups is 1. The van der Waals surface area contributed by atoms with Gasteiger partial charge in [0.15, 0.2) is 4.90 Å². The fourth-order valence-electron chi connectivity index (χ4n) is 5.41. The Labute approximate surface area is 168 Å². The van der Waals surface area contributed by atoms with E-state index >= 15 is 0 Å². The monoisotopic (exact) mass is 427 g/mol. The second-order valence-corrected chi connectivity index (χ2v) is 10.6. The maximum atomic E-state index is 12.7. The van der Waals surface area contributed by atoms with Crippen LogP contribution in [0, 0.1) is 37.0 Å². The maximum Gasteiger partial charge on any atom is 0.296 e. The first-order chi connectivity index (χ1) is 13.3. The first-order valence-corrected chi connectivity index (χ1v) is 10.9. The molecule has 2 bridgehead atoms. The van der Waals surface area contributed by atoms with E-state index in [1.54, 1.807) is 0 Å². The molecule has 2 aliphatic carbocycles. The van der Waals surface area contributed by atoms with Gasteiger partial charge in [-0.2, -0.15) is 0 Å².